The van der Waals surface area contributed by atoms with E-state index >= 15 is 0 Å². The van der Waals surface area contributed by atoms with Crippen molar-refractivity contribution in [3.8, 4) is 5.75 Å². The lowest BCUT2D eigenvalue weighted by atomic mass is 10.0. The molecule has 0 aliphatic carbocycles. The summed E-state index contributed by atoms with van der Waals surface area (Å²) in [6.45, 7) is 2.85. The number of phenols is 1. The fraction of sp³-hybridized carbons (Fsp3) is 0.477. The normalized spacial score (nSPS) is 23.6. The molecule has 24 nitrogen and oxygen atoms in total. The summed E-state index contributed by atoms with van der Waals surface area (Å²) < 4.78 is 0. The molecular formula is C44H60N12O12S2. The van der Waals surface area contributed by atoms with Crippen molar-refractivity contribution in [2.45, 2.75) is 101 Å². The highest BCUT2D eigenvalue weighted by Gasteiger charge is 2.41. The lowest BCUT2D eigenvalue weighted by molar-refractivity contribution is -0.142. The molecule has 0 saturated carbocycles. The Morgan fingerprint density at radius 2 is 1.19 bits per heavy atom. The minimum atomic E-state index is -1.81. The van der Waals surface area contributed by atoms with Gasteiger partial charge in [0, 0.05) is 30.9 Å². The van der Waals surface area contributed by atoms with Crippen LogP contribution in [-0.2, 0) is 65.6 Å². The molecule has 2 aromatic rings. The number of rotatable bonds is 15. The van der Waals surface area contributed by atoms with E-state index in [1.54, 1.807) is 44.2 Å². The molecule has 0 aromatic heterocycles. The van der Waals surface area contributed by atoms with E-state index in [1.165, 1.54) is 29.2 Å². The fourth-order valence-corrected chi connectivity index (χ4v) is 9.66. The van der Waals surface area contributed by atoms with E-state index in [-0.39, 0.29) is 43.1 Å². The predicted molar refractivity (Wildman–Crippen MR) is 256 cm³/mol. The van der Waals surface area contributed by atoms with Gasteiger partial charge in [-0.25, -0.2) is 0 Å². The molecule has 2 saturated heterocycles. The Balaban J connectivity index is 1.71. The predicted octanol–water partition coefficient (Wildman–Crippen LogP) is -4.19. The zero-order chi connectivity index (χ0) is 51.7. The van der Waals surface area contributed by atoms with E-state index in [2.05, 4.69) is 37.2 Å². The number of phenolic OH excluding ortho intramolecular Hbond substituents is 1. The van der Waals surface area contributed by atoms with Crippen LogP contribution in [0.15, 0.2) is 54.6 Å². The molecular weight excluding hydrogens is 953 g/mol. The number of primary amides is 3. The number of carbonyl (C=O) groups is 11. The monoisotopic (exact) mass is 1010 g/mol. The van der Waals surface area contributed by atoms with E-state index in [0.717, 1.165) is 21.6 Å². The largest absolute Gasteiger partial charge is 0.508 e. The zero-order valence-electron chi connectivity index (χ0n) is 38.5. The van der Waals surface area contributed by atoms with Crippen LogP contribution in [0.5, 0.6) is 5.75 Å². The minimum absolute atomic E-state index is 0.0342. The molecule has 4 rings (SSSR count). The van der Waals surface area contributed by atoms with Gasteiger partial charge in [0.25, 0.3) is 0 Å². The van der Waals surface area contributed by atoms with Crippen molar-refractivity contribution >= 4 is 86.6 Å². The summed E-state index contributed by atoms with van der Waals surface area (Å²) in [5.74, 6) is -10.9. The second-order valence-corrected chi connectivity index (χ2v) is 19.5. The van der Waals surface area contributed by atoms with Crippen molar-refractivity contribution in [2.24, 2.45) is 28.9 Å². The lowest BCUT2D eigenvalue weighted by Gasteiger charge is -2.31. The van der Waals surface area contributed by atoms with Crippen LogP contribution in [0.4, 0.5) is 0 Å². The molecule has 26 heteroatoms. The Labute approximate surface area is 410 Å². The second-order valence-electron chi connectivity index (χ2n) is 17.0. The number of benzene rings is 2. The molecule has 11 amide bonds. The van der Waals surface area contributed by atoms with Gasteiger partial charge >= 0.3 is 0 Å². The van der Waals surface area contributed by atoms with E-state index in [0.29, 0.717) is 17.5 Å². The number of amides is 11. The van der Waals surface area contributed by atoms with Crippen LogP contribution >= 0.6 is 21.6 Å². The van der Waals surface area contributed by atoms with Gasteiger partial charge in [-0.1, -0.05) is 77.9 Å². The smallest absolute Gasteiger partial charge is 0.246 e. The van der Waals surface area contributed by atoms with Crippen molar-refractivity contribution in [1.82, 2.24) is 42.1 Å². The first kappa shape index (κ1) is 55.7. The number of nitrogens with one attached hydrogen (secondary N) is 7. The lowest BCUT2D eigenvalue weighted by Crippen LogP contribution is -2.61. The van der Waals surface area contributed by atoms with Crippen LogP contribution in [0, 0.1) is 5.92 Å². The third kappa shape index (κ3) is 17.2. The molecule has 70 heavy (non-hydrogen) atoms. The molecule has 2 aliphatic heterocycles. The number of carbonyl (C=O) groups excluding carboxylic acids is 11. The summed E-state index contributed by atoms with van der Waals surface area (Å²) in [6, 6.07) is 2.74. The Hall–Kier alpha value is -6.93. The maximum atomic E-state index is 14.5. The van der Waals surface area contributed by atoms with Crippen LogP contribution in [0.1, 0.15) is 50.7 Å². The molecule has 0 spiro atoms. The van der Waals surface area contributed by atoms with Crippen molar-refractivity contribution in [2.75, 3.05) is 24.6 Å². The van der Waals surface area contributed by atoms with Gasteiger partial charge in [-0.05, 0) is 42.0 Å². The second kappa shape index (κ2) is 26.7. The summed E-state index contributed by atoms with van der Waals surface area (Å²) in [5.41, 5.74) is 23.5. The van der Waals surface area contributed by atoms with Gasteiger partial charge in [0.2, 0.25) is 65.0 Å². The van der Waals surface area contributed by atoms with Gasteiger partial charge in [0.1, 0.15) is 48.0 Å². The van der Waals surface area contributed by atoms with Gasteiger partial charge in [-0.15, -0.1) is 0 Å². The molecule has 2 aromatic carbocycles. The number of likely N-dealkylation sites (tertiary alicyclic amines) is 1. The standard InChI is InChI=1S/C44H60N12O12S2/c1-22(2)36(43(67)49-19-35(48)60)55-42(66)32-9-6-14-56(32)44(68)31-21-70-69-20-26(45)37(61)50-27(16-24-10-12-25(57)13-11-24)38(62)51-28(15-23-7-4-3-5-8-23)39(63)52-29(17-33(46)58)40(64)53-30(18-34(47)59)41(65)54-31/h3-5,7-8,10-13,22,26-32,36,57H,6,9,14-21,45H2,1-2H3,(H2,46,58)(H2,47,59)(H2,48,60)(H,49,67)(H,50,61)(H,51,62)(H,52,63)(H,53,64)(H,54,65)(H,55,66)/t26-,27?,28-,29-,30?,31?,32-,36-/m0/s1. The Kier molecular flexibility index (Phi) is 21.3. The molecule has 0 radical (unpaired) electrons. The molecule has 2 aliphatic rings. The van der Waals surface area contributed by atoms with E-state index in [9.17, 15) is 57.8 Å². The summed E-state index contributed by atoms with van der Waals surface area (Å²) in [5, 5.41) is 27.4. The molecule has 380 valence electrons. The molecule has 2 heterocycles. The number of hydrogen-bond donors (Lipinski definition) is 12. The van der Waals surface area contributed by atoms with Gasteiger partial charge in [-0.2, -0.15) is 0 Å². The zero-order valence-corrected chi connectivity index (χ0v) is 40.1. The highest BCUT2D eigenvalue weighted by molar-refractivity contribution is 8.76. The first-order chi connectivity index (χ1) is 33.1. The first-order valence-electron chi connectivity index (χ1n) is 22.2. The van der Waals surface area contributed by atoms with Gasteiger partial charge in [-0.3, -0.25) is 52.7 Å². The van der Waals surface area contributed by atoms with Crippen molar-refractivity contribution in [3.05, 3.63) is 65.7 Å². The van der Waals surface area contributed by atoms with E-state index < -0.39 is 139 Å². The van der Waals surface area contributed by atoms with Crippen LogP contribution in [0.3, 0.4) is 0 Å². The summed E-state index contributed by atoms with van der Waals surface area (Å²) >= 11 is 0. The molecule has 3 unspecified atom stereocenters. The Bertz CT molecular complexity index is 2260. The molecule has 16 N–H and O–H groups in total. The number of aromatic hydroxyl groups is 1. The Morgan fingerprint density at radius 1 is 0.686 bits per heavy atom. The fourth-order valence-electron chi connectivity index (χ4n) is 7.38. The first-order valence-corrected chi connectivity index (χ1v) is 24.7. The van der Waals surface area contributed by atoms with Gasteiger partial charge in [0.05, 0.1) is 25.4 Å². The van der Waals surface area contributed by atoms with Crippen LogP contribution in [-0.4, -0.2) is 148 Å². The number of hydrogen-bond acceptors (Lipinski definition) is 15. The molecule has 2 fully saturated rings. The molecule has 8 atom stereocenters. The summed E-state index contributed by atoms with van der Waals surface area (Å²) in [7, 11) is 2.01. The van der Waals surface area contributed by atoms with Gasteiger partial charge < -0.3 is 70.2 Å². The SMILES string of the molecule is CC(C)[C@H](NC(=O)[C@@H]1CCCN1C(=O)C1CSSC[C@H](N)C(=O)NC(Cc2ccc(O)cc2)C(=O)N[C@@H](Cc2ccccc2)C(=O)N[C@@H](CC(N)=O)C(=O)NC(CC(N)=O)C(=O)N1)C(=O)NCC(N)=O. The van der Waals surface area contributed by atoms with E-state index in [4.69, 9.17) is 22.9 Å². The summed E-state index contributed by atoms with van der Waals surface area (Å²) in [4.78, 5) is 148. The topological polar surface area (TPSA) is 400 Å². The van der Waals surface area contributed by atoms with Crippen molar-refractivity contribution < 1.29 is 57.8 Å². The highest BCUT2D eigenvalue weighted by Crippen LogP contribution is 2.26. The Morgan fingerprint density at radius 3 is 1.73 bits per heavy atom. The van der Waals surface area contributed by atoms with Gasteiger partial charge in [0.15, 0.2) is 0 Å². The average molecular weight is 1010 g/mol. The molecule has 0 bridgehead atoms. The quantitative estimate of drug-likeness (QED) is 0.0753. The third-order valence-corrected chi connectivity index (χ3v) is 13.5. The average Bonchev–Trinajstić information content (AvgIpc) is 3.80. The van der Waals surface area contributed by atoms with Crippen LogP contribution in [0.25, 0.3) is 0 Å². The van der Waals surface area contributed by atoms with Crippen LogP contribution in [0.2, 0.25) is 0 Å². The maximum Gasteiger partial charge on any atom is 0.246 e. The van der Waals surface area contributed by atoms with Crippen molar-refractivity contribution in [3.63, 3.8) is 0 Å². The minimum Gasteiger partial charge on any atom is -0.508 e. The number of nitrogens with two attached hydrogens (primary N) is 4. The summed E-state index contributed by atoms with van der Waals surface area (Å²) in [6.07, 6.45) is -1.48. The number of nitrogens with zero attached hydrogens (tertiary/aromatic N) is 1. The maximum absolute atomic E-state index is 14.5. The van der Waals surface area contributed by atoms with E-state index in [1.807, 2.05) is 0 Å². The third-order valence-electron chi connectivity index (χ3n) is 11.0. The van der Waals surface area contributed by atoms with Crippen LogP contribution < -0.4 is 60.2 Å². The highest BCUT2D eigenvalue weighted by atomic mass is 33.1. The van der Waals surface area contributed by atoms with Crippen molar-refractivity contribution in [1.29, 1.82) is 0 Å².